The maximum atomic E-state index is 10.9. The summed E-state index contributed by atoms with van der Waals surface area (Å²) in [6, 6.07) is 0.318. The van der Waals surface area contributed by atoms with Gasteiger partial charge in [-0.2, -0.15) is 0 Å². The van der Waals surface area contributed by atoms with Gasteiger partial charge in [0.2, 0.25) is 0 Å². The Morgan fingerprint density at radius 1 is 1.75 bits per heavy atom. The number of hydrogen-bond acceptors (Lipinski definition) is 4. The molecule has 0 aliphatic heterocycles. The lowest BCUT2D eigenvalue weighted by Crippen LogP contribution is -2.48. The first-order chi connectivity index (χ1) is 7.72. The predicted octanol–water partition coefficient (Wildman–Crippen LogP) is 2.05. The Hall–Kier alpha value is -0.940. The third-order valence-corrected chi connectivity index (χ3v) is 4.05. The largest absolute Gasteiger partial charge is 0.481 e. The van der Waals surface area contributed by atoms with Gasteiger partial charge in [0.25, 0.3) is 0 Å². The second-order valence-corrected chi connectivity index (χ2v) is 5.05. The lowest BCUT2D eigenvalue weighted by molar-refractivity contribution is -0.146. The van der Waals surface area contributed by atoms with Crippen molar-refractivity contribution in [3.63, 3.8) is 0 Å². The Bertz CT molecular complexity index is 353. The number of carboxylic acids is 1. The molecular weight excluding hydrogens is 224 g/mol. The summed E-state index contributed by atoms with van der Waals surface area (Å²) in [6.07, 6.45) is 4.48. The average molecular weight is 240 g/mol. The third kappa shape index (κ3) is 2.25. The summed E-state index contributed by atoms with van der Waals surface area (Å²) < 4.78 is 0. The standard InChI is InChI=1S/C11H16N2O2S/c1-2-8(10-12-5-6-16-10)13-9-4-3-7(9)11(14)15/h5-9,13H,2-4H2,1H3,(H,14,15). The first kappa shape index (κ1) is 11.5. The van der Waals surface area contributed by atoms with Gasteiger partial charge < -0.3 is 10.4 Å². The maximum Gasteiger partial charge on any atom is 0.308 e. The van der Waals surface area contributed by atoms with Crippen LogP contribution in [0.25, 0.3) is 0 Å². The van der Waals surface area contributed by atoms with Crippen LogP contribution in [-0.4, -0.2) is 22.1 Å². The van der Waals surface area contributed by atoms with E-state index in [9.17, 15) is 4.79 Å². The van der Waals surface area contributed by atoms with E-state index in [1.165, 1.54) is 0 Å². The maximum absolute atomic E-state index is 10.9. The van der Waals surface area contributed by atoms with Gasteiger partial charge in [0.05, 0.1) is 12.0 Å². The van der Waals surface area contributed by atoms with Crippen molar-refractivity contribution >= 4 is 17.3 Å². The highest BCUT2D eigenvalue weighted by molar-refractivity contribution is 7.09. The molecule has 0 bridgehead atoms. The van der Waals surface area contributed by atoms with Gasteiger partial charge >= 0.3 is 5.97 Å². The zero-order chi connectivity index (χ0) is 11.5. The summed E-state index contributed by atoms with van der Waals surface area (Å²) in [4.78, 5) is 15.2. The normalized spacial score (nSPS) is 26.1. The Morgan fingerprint density at radius 3 is 3.00 bits per heavy atom. The van der Waals surface area contributed by atoms with Crippen molar-refractivity contribution in [2.45, 2.75) is 38.3 Å². The van der Waals surface area contributed by atoms with Gasteiger partial charge in [0, 0.05) is 17.6 Å². The van der Waals surface area contributed by atoms with Gasteiger partial charge in [-0.15, -0.1) is 11.3 Å². The number of rotatable bonds is 5. The lowest BCUT2D eigenvalue weighted by atomic mass is 9.79. The molecule has 0 aromatic carbocycles. The fourth-order valence-corrected chi connectivity index (χ4v) is 2.81. The first-order valence-electron chi connectivity index (χ1n) is 5.60. The molecule has 1 aliphatic rings. The Morgan fingerprint density at radius 2 is 2.56 bits per heavy atom. The van der Waals surface area contributed by atoms with E-state index in [2.05, 4.69) is 17.2 Å². The van der Waals surface area contributed by atoms with Crippen LogP contribution in [0.15, 0.2) is 11.6 Å². The van der Waals surface area contributed by atoms with E-state index in [1.807, 2.05) is 5.38 Å². The molecule has 0 spiro atoms. The van der Waals surface area contributed by atoms with Crippen molar-refractivity contribution in [1.29, 1.82) is 0 Å². The average Bonchev–Trinajstić information content (AvgIpc) is 2.69. The number of nitrogens with one attached hydrogen (secondary N) is 1. The number of carboxylic acid groups (broad SMARTS) is 1. The molecule has 88 valence electrons. The number of aromatic nitrogens is 1. The topological polar surface area (TPSA) is 62.2 Å². The predicted molar refractivity (Wildman–Crippen MR) is 62.4 cm³/mol. The van der Waals surface area contributed by atoms with Crippen LogP contribution in [0.5, 0.6) is 0 Å². The number of carbonyl (C=O) groups is 1. The second kappa shape index (κ2) is 4.93. The van der Waals surface area contributed by atoms with Gasteiger partial charge in [-0.1, -0.05) is 6.92 Å². The lowest BCUT2D eigenvalue weighted by Gasteiger charge is -2.36. The molecule has 0 amide bonds. The zero-order valence-electron chi connectivity index (χ0n) is 9.22. The molecule has 0 saturated heterocycles. The van der Waals surface area contributed by atoms with E-state index in [4.69, 9.17) is 5.11 Å². The highest BCUT2D eigenvalue weighted by atomic mass is 32.1. The molecule has 5 heteroatoms. The van der Waals surface area contributed by atoms with Crippen LogP contribution in [0.3, 0.4) is 0 Å². The Balaban J connectivity index is 1.95. The minimum Gasteiger partial charge on any atom is -0.481 e. The van der Waals surface area contributed by atoms with Crippen molar-refractivity contribution in [1.82, 2.24) is 10.3 Å². The van der Waals surface area contributed by atoms with Crippen LogP contribution in [-0.2, 0) is 4.79 Å². The molecule has 3 atom stereocenters. The van der Waals surface area contributed by atoms with Gasteiger partial charge in [-0.25, -0.2) is 4.98 Å². The number of hydrogen-bond donors (Lipinski definition) is 2. The summed E-state index contributed by atoms with van der Waals surface area (Å²) in [5.74, 6) is -0.897. The third-order valence-electron chi connectivity index (χ3n) is 3.16. The van der Waals surface area contributed by atoms with Crippen LogP contribution < -0.4 is 5.32 Å². The fourth-order valence-electron chi connectivity index (χ4n) is 2.02. The summed E-state index contributed by atoms with van der Waals surface area (Å²) in [5.41, 5.74) is 0. The van der Waals surface area contributed by atoms with Gasteiger partial charge in [0.1, 0.15) is 5.01 Å². The Kier molecular flexibility index (Phi) is 3.56. The summed E-state index contributed by atoms with van der Waals surface area (Å²) in [6.45, 7) is 2.09. The smallest absolute Gasteiger partial charge is 0.308 e. The summed E-state index contributed by atoms with van der Waals surface area (Å²) in [5, 5.41) is 15.4. The number of aliphatic carboxylic acids is 1. The molecule has 1 aromatic heterocycles. The molecule has 0 radical (unpaired) electrons. The minimum atomic E-state index is -0.683. The van der Waals surface area contributed by atoms with E-state index >= 15 is 0 Å². The van der Waals surface area contributed by atoms with Crippen molar-refractivity contribution in [2.75, 3.05) is 0 Å². The first-order valence-corrected chi connectivity index (χ1v) is 6.48. The van der Waals surface area contributed by atoms with Crippen molar-refractivity contribution < 1.29 is 9.90 Å². The summed E-state index contributed by atoms with van der Waals surface area (Å²) >= 11 is 1.62. The molecule has 1 fully saturated rings. The van der Waals surface area contributed by atoms with Crippen molar-refractivity contribution in [3.05, 3.63) is 16.6 Å². The Labute approximate surface area is 98.7 Å². The van der Waals surface area contributed by atoms with E-state index in [0.717, 1.165) is 24.3 Å². The minimum absolute atomic E-state index is 0.117. The van der Waals surface area contributed by atoms with Crippen LogP contribution in [0.1, 0.15) is 37.2 Å². The van der Waals surface area contributed by atoms with Crippen molar-refractivity contribution in [2.24, 2.45) is 5.92 Å². The SMILES string of the molecule is CCC(NC1CCC1C(=O)O)c1nccs1. The quantitative estimate of drug-likeness (QED) is 0.827. The van der Waals surface area contributed by atoms with Gasteiger partial charge in [0.15, 0.2) is 0 Å². The van der Waals surface area contributed by atoms with Crippen molar-refractivity contribution in [3.8, 4) is 0 Å². The van der Waals surface area contributed by atoms with Crippen LogP contribution in [0.4, 0.5) is 0 Å². The number of nitrogens with zero attached hydrogens (tertiary/aromatic N) is 1. The molecule has 2 rings (SSSR count). The molecule has 1 heterocycles. The highest BCUT2D eigenvalue weighted by Gasteiger charge is 2.37. The molecule has 4 nitrogen and oxygen atoms in total. The number of thiazole rings is 1. The zero-order valence-corrected chi connectivity index (χ0v) is 10.0. The van der Waals surface area contributed by atoms with Gasteiger partial charge in [-0.3, -0.25) is 4.79 Å². The molecule has 1 aliphatic carbocycles. The summed E-state index contributed by atoms with van der Waals surface area (Å²) in [7, 11) is 0. The molecule has 2 N–H and O–H groups in total. The van der Waals surface area contributed by atoms with Crippen LogP contribution >= 0.6 is 11.3 Å². The van der Waals surface area contributed by atoms with E-state index in [1.54, 1.807) is 17.5 Å². The molecular formula is C11H16N2O2S. The van der Waals surface area contributed by atoms with E-state index in [-0.39, 0.29) is 18.0 Å². The molecule has 16 heavy (non-hydrogen) atoms. The highest BCUT2D eigenvalue weighted by Crippen LogP contribution is 2.31. The van der Waals surface area contributed by atoms with Crippen LogP contribution in [0.2, 0.25) is 0 Å². The van der Waals surface area contributed by atoms with Gasteiger partial charge in [-0.05, 0) is 19.3 Å². The monoisotopic (exact) mass is 240 g/mol. The van der Waals surface area contributed by atoms with E-state index in [0.29, 0.717) is 0 Å². The molecule has 1 aromatic rings. The molecule has 3 unspecified atom stereocenters. The fraction of sp³-hybridized carbons (Fsp3) is 0.636. The molecule has 1 saturated carbocycles. The van der Waals surface area contributed by atoms with Crippen LogP contribution in [0, 0.1) is 5.92 Å². The van der Waals surface area contributed by atoms with E-state index < -0.39 is 5.97 Å². The second-order valence-electron chi connectivity index (χ2n) is 4.13.